The summed E-state index contributed by atoms with van der Waals surface area (Å²) in [6.07, 6.45) is 0. The summed E-state index contributed by atoms with van der Waals surface area (Å²) in [5.41, 5.74) is 0.536. The van der Waals surface area contributed by atoms with E-state index in [2.05, 4.69) is 5.32 Å². The zero-order chi connectivity index (χ0) is 12.4. The van der Waals surface area contributed by atoms with Crippen LogP contribution in [-0.4, -0.2) is 16.9 Å². The van der Waals surface area contributed by atoms with E-state index in [1.165, 1.54) is 6.07 Å². The number of hydrogen-bond acceptors (Lipinski definition) is 2. The van der Waals surface area contributed by atoms with Crippen molar-refractivity contribution in [3.8, 4) is 5.75 Å². The summed E-state index contributed by atoms with van der Waals surface area (Å²) >= 11 is 11.3. The van der Waals surface area contributed by atoms with Crippen LogP contribution in [0.1, 0.15) is 0 Å². The Morgan fingerprint density at radius 2 is 1.94 bits per heavy atom. The first-order valence-corrected chi connectivity index (χ1v) is 5.80. The van der Waals surface area contributed by atoms with Gasteiger partial charge in [-0.1, -0.05) is 35.9 Å². The molecule has 0 spiro atoms. The molecule has 2 N–H and O–H groups in total. The molecule has 0 unspecified atom stereocenters. The first kappa shape index (κ1) is 12.0. The smallest absolute Gasteiger partial charge is 0.239 e. The number of phenolic OH excluding ortho intramolecular Hbond substituents is 1. The fourth-order valence-corrected chi connectivity index (χ4v) is 1.89. The van der Waals surface area contributed by atoms with Crippen LogP contribution >= 0.6 is 23.2 Å². The number of phenols is 1. The lowest BCUT2D eigenvalue weighted by molar-refractivity contribution is -0.113. The van der Waals surface area contributed by atoms with Crippen LogP contribution < -0.4 is 5.32 Å². The third-order valence-corrected chi connectivity index (χ3v) is 2.90. The average molecular weight is 270 g/mol. The first-order valence-electron chi connectivity index (χ1n) is 4.89. The van der Waals surface area contributed by atoms with Crippen molar-refractivity contribution in [1.82, 2.24) is 0 Å². The van der Waals surface area contributed by atoms with E-state index in [1.807, 2.05) is 6.07 Å². The van der Waals surface area contributed by atoms with Crippen LogP contribution in [0.3, 0.4) is 0 Å². The van der Waals surface area contributed by atoms with Crippen molar-refractivity contribution in [2.75, 3.05) is 11.2 Å². The van der Waals surface area contributed by atoms with E-state index in [0.717, 1.165) is 0 Å². The van der Waals surface area contributed by atoms with E-state index in [1.54, 1.807) is 18.2 Å². The van der Waals surface area contributed by atoms with E-state index in [4.69, 9.17) is 23.2 Å². The average Bonchev–Trinajstić information content (AvgIpc) is 2.35. The second-order valence-electron chi connectivity index (χ2n) is 3.48. The highest BCUT2D eigenvalue weighted by Gasteiger charge is 2.11. The molecule has 88 valence electrons. The third kappa shape index (κ3) is 2.30. The van der Waals surface area contributed by atoms with Gasteiger partial charge >= 0.3 is 0 Å². The van der Waals surface area contributed by atoms with Gasteiger partial charge in [0.2, 0.25) is 5.91 Å². The molecule has 0 saturated carbocycles. The topological polar surface area (TPSA) is 49.3 Å². The summed E-state index contributed by atoms with van der Waals surface area (Å²) < 4.78 is 0. The fourth-order valence-electron chi connectivity index (χ4n) is 1.61. The predicted octanol–water partition coefficient (Wildman–Crippen LogP) is 3.38. The minimum absolute atomic E-state index is 0.00568. The summed E-state index contributed by atoms with van der Waals surface area (Å²) in [4.78, 5) is 11.3. The molecule has 5 heteroatoms. The van der Waals surface area contributed by atoms with Crippen LogP contribution in [-0.2, 0) is 4.79 Å². The number of nitrogens with one attached hydrogen (secondary N) is 1. The van der Waals surface area contributed by atoms with Gasteiger partial charge in [0.25, 0.3) is 0 Å². The number of alkyl halides is 1. The quantitative estimate of drug-likeness (QED) is 0.649. The van der Waals surface area contributed by atoms with Gasteiger partial charge in [0.1, 0.15) is 11.6 Å². The molecule has 2 aromatic carbocycles. The Balaban J connectivity index is 2.63. The molecule has 0 saturated heterocycles. The van der Waals surface area contributed by atoms with Crippen LogP contribution in [0.2, 0.25) is 5.02 Å². The molecular weight excluding hydrogens is 261 g/mol. The SMILES string of the molecule is O=C(CCl)Nc1cc(Cl)c(O)c2ccccc12. The molecule has 0 radical (unpaired) electrons. The highest BCUT2D eigenvalue weighted by atomic mass is 35.5. The molecular formula is C12H9Cl2NO2. The lowest BCUT2D eigenvalue weighted by atomic mass is 10.1. The van der Waals surface area contributed by atoms with Crippen molar-refractivity contribution in [1.29, 1.82) is 0 Å². The van der Waals surface area contributed by atoms with Crippen molar-refractivity contribution >= 4 is 45.6 Å². The van der Waals surface area contributed by atoms with E-state index >= 15 is 0 Å². The number of carbonyl (C=O) groups excluding carboxylic acids is 1. The molecule has 0 aliphatic rings. The number of aromatic hydroxyl groups is 1. The Morgan fingerprint density at radius 1 is 1.29 bits per heavy atom. The molecule has 0 fully saturated rings. The molecule has 0 aromatic heterocycles. The predicted molar refractivity (Wildman–Crippen MR) is 70.0 cm³/mol. The van der Waals surface area contributed by atoms with Gasteiger partial charge in [-0.05, 0) is 6.07 Å². The standard InChI is InChI=1S/C12H9Cl2NO2/c13-6-11(16)15-10-5-9(14)12(17)8-4-2-1-3-7(8)10/h1-5,17H,6H2,(H,15,16). The Morgan fingerprint density at radius 3 is 2.59 bits per heavy atom. The molecule has 1 amide bonds. The van der Waals surface area contributed by atoms with Gasteiger partial charge in [-0.2, -0.15) is 0 Å². The molecule has 0 aliphatic heterocycles. The summed E-state index contributed by atoms with van der Waals surface area (Å²) in [5.74, 6) is -0.447. The van der Waals surface area contributed by atoms with E-state index in [0.29, 0.717) is 16.5 Å². The van der Waals surface area contributed by atoms with E-state index in [9.17, 15) is 9.90 Å². The highest BCUT2D eigenvalue weighted by Crippen LogP contribution is 2.37. The molecule has 0 aliphatic carbocycles. The number of halogens is 2. The Labute approximate surface area is 108 Å². The largest absolute Gasteiger partial charge is 0.506 e. The van der Waals surface area contributed by atoms with Crippen LogP contribution in [0, 0.1) is 0 Å². The van der Waals surface area contributed by atoms with E-state index < -0.39 is 0 Å². The van der Waals surface area contributed by atoms with Gasteiger partial charge < -0.3 is 10.4 Å². The van der Waals surface area contributed by atoms with Crippen LogP contribution in [0.25, 0.3) is 10.8 Å². The number of anilines is 1. The second kappa shape index (κ2) is 4.82. The highest BCUT2D eigenvalue weighted by molar-refractivity contribution is 6.34. The monoisotopic (exact) mass is 269 g/mol. The summed E-state index contributed by atoms with van der Waals surface area (Å²) in [6, 6.07) is 8.61. The first-order chi connectivity index (χ1) is 8.13. The van der Waals surface area contributed by atoms with Crippen LogP contribution in [0.5, 0.6) is 5.75 Å². The normalized spacial score (nSPS) is 10.5. The number of amides is 1. The maximum atomic E-state index is 11.3. The Kier molecular flexibility index (Phi) is 3.41. The number of rotatable bonds is 2. The van der Waals surface area contributed by atoms with Gasteiger partial charge in [0.15, 0.2) is 0 Å². The maximum absolute atomic E-state index is 11.3. The minimum atomic E-state index is -0.321. The van der Waals surface area contributed by atoms with Crippen molar-refractivity contribution < 1.29 is 9.90 Å². The van der Waals surface area contributed by atoms with Crippen molar-refractivity contribution in [3.05, 3.63) is 35.4 Å². The van der Waals surface area contributed by atoms with Gasteiger partial charge in [-0.3, -0.25) is 4.79 Å². The Bertz CT molecular complexity index is 584. The van der Waals surface area contributed by atoms with Gasteiger partial charge in [0.05, 0.1) is 10.7 Å². The van der Waals surface area contributed by atoms with Gasteiger partial charge in [-0.25, -0.2) is 0 Å². The van der Waals surface area contributed by atoms with Crippen molar-refractivity contribution in [2.45, 2.75) is 0 Å². The second-order valence-corrected chi connectivity index (χ2v) is 4.16. The minimum Gasteiger partial charge on any atom is -0.506 e. The molecule has 0 atom stereocenters. The summed E-state index contributed by atoms with van der Waals surface area (Å²) in [7, 11) is 0. The fraction of sp³-hybridized carbons (Fsp3) is 0.0833. The molecule has 3 nitrogen and oxygen atoms in total. The lowest BCUT2D eigenvalue weighted by Crippen LogP contribution is -2.12. The number of carbonyl (C=O) groups is 1. The summed E-state index contributed by atoms with van der Waals surface area (Å²) in [5, 5.41) is 13.9. The molecule has 0 bridgehead atoms. The number of benzene rings is 2. The molecule has 17 heavy (non-hydrogen) atoms. The van der Waals surface area contributed by atoms with Gasteiger partial charge in [-0.15, -0.1) is 11.6 Å². The van der Waals surface area contributed by atoms with Crippen LogP contribution in [0.4, 0.5) is 5.69 Å². The molecule has 0 heterocycles. The zero-order valence-electron chi connectivity index (χ0n) is 8.71. The van der Waals surface area contributed by atoms with Gasteiger partial charge in [0, 0.05) is 10.8 Å². The summed E-state index contributed by atoms with van der Waals surface area (Å²) in [6.45, 7) is 0. The van der Waals surface area contributed by atoms with Crippen molar-refractivity contribution in [2.24, 2.45) is 0 Å². The Hall–Kier alpha value is -1.45. The number of hydrogen-bond donors (Lipinski definition) is 2. The van der Waals surface area contributed by atoms with Crippen molar-refractivity contribution in [3.63, 3.8) is 0 Å². The third-order valence-electron chi connectivity index (χ3n) is 2.37. The number of fused-ring (bicyclic) bond motifs is 1. The van der Waals surface area contributed by atoms with Crippen LogP contribution in [0.15, 0.2) is 30.3 Å². The molecule has 2 rings (SSSR count). The maximum Gasteiger partial charge on any atom is 0.239 e. The molecule has 2 aromatic rings. The van der Waals surface area contributed by atoms with E-state index in [-0.39, 0.29) is 22.6 Å². The lowest BCUT2D eigenvalue weighted by Gasteiger charge is -2.10. The zero-order valence-corrected chi connectivity index (χ0v) is 10.2.